The average Bonchev–Trinajstić information content (AvgIpc) is 3.98. The first-order valence-electron chi connectivity index (χ1n) is 16.6. The van der Waals surface area contributed by atoms with E-state index in [0.29, 0.717) is 27.9 Å². The number of alkyl halides is 3. The Morgan fingerprint density at radius 2 is 1.14 bits per heavy atom. The Morgan fingerprint density at radius 1 is 0.725 bits per heavy atom. The van der Waals surface area contributed by atoms with Crippen molar-refractivity contribution in [1.29, 1.82) is 0 Å². The van der Waals surface area contributed by atoms with Crippen LogP contribution < -0.4 is 0 Å². The monoisotopic (exact) mass is 800 g/mol. The van der Waals surface area contributed by atoms with Crippen LogP contribution in [0.4, 0.5) is 13.2 Å². The number of halogens is 4. The van der Waals surface area contributed by atoms with Crippen LogP contribution in [-0.2, 0) is 6.18 Å². The van der Waals surface area contributed by atoms with Crippen molar-refractivity contribution in [1.82, 2.24) is 39.0 Å². The number of carbonyl (C=O) groups is 2. The van der Waals surface area contributed by atoms with E-state index >= 15 is 0 Å². The van der Waals surface area contributed by atoms with Crippen molar-refractivity contribution >= 4 is 60.1 Å². The molecule has 2 amide bonds. The fourth-order valence-electron chi connectivity index (χ4n) is 6.35. The van der Waals surface area contributed by atoms with Crippen LogP contribution in [0.5, 0.6) is 0 Å². The standard InChI is InChI=1S/C17H15F3N4OS.C16H15BrN4OS.C2H6/c1-10-21-9-14-24(10)22-15(26-14)16(25)23-8-2-3-13(23)11-4-6-12(7-5-11)17(18,19)20;1-10-18-9-14-21(10)19-15(23-14)16(22)20-8-2-3-13(20)11-4-6-12(17)7-5-11;1-2/h4-7,9,13H,2-3,8H2,1H3;4-7,9,13H,2-3,8H2,1H3;1-2H3/t;13-;/m.1./s1. The first-order valence-corrected chi connectivity index (χ1v) is 19.1. The SMILES string of the molecule is CC.Cc1ncc2sc(C(=O)N3CCCC3c3ccc(C(F)(F)F)cc3)nn12.Cc1ncc2sc(C(=O)N3CCC[C@@H]3c3ccc(Br)cc3)nn12. The van der Waals surface area contributed by atoms with E-state index in [-0.39, 0.29) is 23.9 Å². The van der Waals surface area contributed by atoms with Gasteiger partial charge in [-0.3, -0.25) is 9.59 Å². The number of nitrogens with zero attached hydrogens (tertiary/aromatic N) is 8. The van der Waals surface area contributed by atoms with E-state index < -0.39 is 11.7 Å². The van der Waals surface area contributed by atoms with Gasteiger partial charge >= 0.3 is 6.18 Å². The van der Waals surface area contributed by atoms with Crippen LogP contribution in [-0.4, -0.2) is 63.9 Å². The van der Waals surface area contributed by atoms with Crippen molar-refractivity contribution in [2.75, 3.05) is 13.1 Å². The number of likely N-dealkylation sites (tertiary alicyclic amines) is 2. The fourth-order valence-corrected chi connectivity index (χ4v) is 8.39. The summed E-state index contributed by atoms with van der Waals surface area (Å²) in [5.74, 6) is 1.33. The van der Waals surface area contributed by atoms with E-state index in [1.165, 1.54) is 40.4 Å². The molecule has 2 aliphatic heterocycles. The van der Waals surface area contributed by atoms with Crippen molar-refractivity contribution < 1.29 is 22.8 Å². The molecule has 0 saturated carbocycles. The summed E-state index contributed by atoms with van der Waals surface area (Å²) in [5.41, 5.74) is 1.21. The van der Waals surface area contributed by atoms with E-state index in [9.17, 15) is 22.8 Å². The molecule has 2 atom stereocenters. The number of aryl methyl sites for hydroxylation is 2. The van der Waals surface area contributed by atoms with Gasteiger partial charge in [-0.1, -0.05) is 76.7 Å². The predicted octanol–water partition coefficient (Wildman–Crippen LogP) is 8.96. The normalized spacial score (nSPS) is 17.4. The molecule has 8 rings (SSSR count). The minimum absolute atomic E-state index is 0.0171. The van der Waals surface area contributed by atoms with Crippen LogP contribution in [0.3, 0.4) is 0 Å². The second kappa shape index (κ2) is 15.2. The van der Waals surface area contributed by atoms with Gasteiger partial charge in [-0.05, 0) is 74.9 Å². The van der Waals surface area contributed by atoms with Gasteiger partial charge in [-0.2, -0.15) is 13.2 Å². The molecular formula is C35H36BrF3N8O2S2. The van der Waals surface area contributed by atoms with Gasteiger partial charge in [-0.25, -0.2) is 19.0 Å². The van der Waals surface area contributed by atoms with Gasteiger partial charge in [-0.15, -0.1) is 10.2 Å². The molecule has 0 bridgehead atoms. The molecule has 16 heteroatoms. The Hall–Kier alpha value is -4.15. The fraction of sp³-hybridized carbons (Fsp3) is 0.371. The maximum absolute atomic E-state index is 12.9. The summed E-state index contributed by atoms with van der Waals surface area (Å²) >= 11 is 6.13. The molecular weight excluding hydrogens is 765 g/mol. The van der Waals surface area contributed by atoms with Crippen LogP contribution in [0.15, 0.2) is 65.4 Å². The topological polar surface area (TPSA) is 101 Å². The molecule has 268 valence electrons. The molecule has 6 heterocycles. The lowest BCUT2D eigenvalue weighted by atomic mass is 10.0. The second-order valence-electron chi connectivity index (χ2n) is 11.9. The zero-order valence-corrected chi connectivity index (χ0v) is 31.6. The molecule has 2 aliphatic rings. The Bertz CT molecular complexity index is 2140. The summed E-state index contributed by atoms with van der Waals surface area (Å²) < 4.78 is 42.7. The molecule has 0 aliphatic carbocycles. The number of aromatic nitrogens is 6. The van der Waals surface area contributed by atoms with E-state index in [0.717, 1.165) is 64.3 Å². The maximum atomic E-state index is 12.9. The molecule has 51 heavy (non-hydrogen) atoms. The molecule has 0 N–H and O–H groups in total. The smallest absolute Gasteiger partial charge is 0.329 e. The minimum atomic E-state index is -4.36. The van der Waals surface area contributed by atoms with Crippen LogP contribution in [0.1, 0.15) is 99.6 Å². The predicted molar refractivity (Wildman–Crippen MR) is 194 cm³/mol. The lowest BCUT2D eigenvalue weighted by Crippen LogP contribution is -2.30. The largest absolute Gasteiger partial charge is 0.416 e. The highest BCUT2D eigenvalue weighted by atomic mass is 79.9. The highest BCUT2D eigenvalue weighted by Gasteiger charge is 2.35. The molecule has 6 aromatic rings. The first-order chi connectivity index (χ1) is 24.5. The Morgan fingerprint density at radius 3 is 1.53 bits per heavy atom. The van der Waals surface area contributed by atoms with Crippen LogP contribution in [0.2, 0.25) is 0 Å². The zero-order valence-electron chi connectivity index (χ0n) is 28.4. The third-order valence-corrected chi connectivity index (χ3v) is 11.2. The maximum Gasteiger partial charge on any atom is 0.416 e. The summed E-state index contributed by atoms with van der Waals surface area (Å²) in [6.07, 6.45) is 2.62. The van der Waals surface area contributed by atoms with E-state index in [1.54, 1.807) is 26.3 Å². The molecule has 2 aromatic carbocycles. The van der Waals surface area contributed by atoms with Gasteiger partial charge in [0.25, 0.3) is 11.8 Å². The summed E-state index contributed by atoms with van der Waals surface area (Å²) in [4.78, 5) is 39.5. The molecule has 10 nitrogen and oxygen atoms in total. The van der Waals surface area contributed by atoms with Gasteiger partial charge in [0.15, 0.2) is 0 Å². The van der Waals surface area contributed by atoms with Crippen molar-refractivity contribution in [2.45, 2.75) is 71.6 Å². The van der Waals surface area contributed by atoms with Gasteiger partial charge in [0.05, 0.1) is 30.0 Å². The number of fused-ring (bicyclic) bond motifs is 2. The number of carbonyl (C=O) groups excluding carboxylic acids is 2. The van der Waals surface area contributed by atoms with Crippen molar-refractivity contribution in [3.05, 3.63) is 104 Å². The summed E-state index contributed by atoms with van der Waals surface area (Å²) in [7, 11) is 0. The number of hydrogen-bond donors (Lipinski definition) is 0. The van der Waals surface area contributed by atoms with E-state index in [4.69, 9.17) is 0 Å². The van der Waals surface area contributed by atoms with Gasteiger partial charge in [0.2, 0.25) is 10.0 Å². The van der Waals surface area contributed by atoms with E-state index in [2.05, 4.69) is 48.2 Å². The quantitative estimate of drug-likeness (QED) is 0.177. The first kappa shape index (κ1) is 36.6. The Labute approximate surface area is 309 Å². The Kier molecular flexibility index (Phi) is 10.9. The number of imidazole rings is 2. The van der Waals surface area contributed by atoms with Gasteiger partial charge in [0, 0.05) is 17.6 Å². The third kappa shape index (κ3) is 7.58. The Balaban J connectivity index is 0.000000169. The average molecular weight is 802 g/mol. The number of benzene rings is 2. The zero-order chi connectivity index (χ0) is 36.4. The number of hydrogen-bond acceptors (Lipinski definition) is 8. The summed E-state index contributed by atoms with van der Waals surface area (Å²) in [6.45, 7) is 9.05. The van der Waals surface area contributed by atoms with Crippen LogP contribution >= 0.6 is 38.6 Å². The van der Waals surface area contributed by atoms with Crippen molar-refractivity contribution in [2.24, 2.45) is 0 Å². The van der Waals surface area contributed by atoms with Crippen molar-refractivity contribution in [3.8, 4) is 0 Å². The molecule has 2 fully saturated rings. The summed E-state index contributed by atoms with van der Waals surface area (Å²) in [6, 6.07) is 13.2. The number of amides is 2. The van der Waals surface area contributed by atoms with Crippen LogP contribution in [0, 0.1) is 13.8 Å². The summed E-state index contributed by atoms with van der Waals surface area (Å²) in [5, 5.41) is 9.66. The lowest BCUT2D eigenvalue weighted by Gasteiger charge is -2.24. The lowest BCUT2D eigenvalue weighted by molar-refractivity contribution is -0.137. The van der Waals surface area contributed by atoms with Crippen LogP contribution in [0.25, 0.3) is 9.66 Å². The number of rotatable bonds is 4. The highest BCUT2D eigenvalue weighted by molar-refractivity contribution is 9.10. The minimum Gasteiger partial charge on any atom is -0.329 e. The van der Waals surface area contributed by atoms with Crippen molar-refractivity contribution in [3.63, 3.8) is 0 Å². The van der Waals surface area contributed by atoms with E-state index in [1.807, 2.05) is 44.7 Å². The molecule has 0 spiro atoms. The molecule has 2 saturated heterocycles. The third-order valence-electron chi connectivity index (χ3n) is 8.81. The highest BCUT2D eigenvalue weighted by Crippen LogP contribution is 2.37. The molecule has 0 radical (unpaired) electrons. The van der Waals surface area contributed by atoms with Gasteiger partial charge < -0.3 is 9.80 Å². The second-order valence-corrected chi connectivity index (χ2v) is 14.8. The molecule has 1 unspecified atom stereocenters. The van der Waals surface area contributed by atoms with Gasteiger partial charge in [0.1, 0.15) is 21.3 Å². The molecule has 4 aromatic heterocycles.